The zero-order valence-corrected chi connectivity index (χ0v) is 11.2. The summed E-state index contributed by atoms with van der Waals surface area (Å²) in [4.78, 5) is 23.9. The molecule has 0 saturated carbocycles. The molecule has 0 aliphatic heterocycles. The highest BCUT2D eigenvalue weighted by Crippen LogP contribution is 2.14. The first kappa shape index (κ1) is 13.8. The second-order valence-corrected chi connectivity index (χ2v) is 4.26. The fourth-order valence-electron chi connectivity index (χ4n) is 1.76. The molecule has 104 valence electrons. The molecule has 0 unspecified atom stereocenters. The van der Waals surface area contributed by atoms with Crippen molar-refractivity contribution in [2.24, 2.45) is 0 Å². The Morgan fingerprint density at radius 1 is 1.25 bits per heavy atom. The monoisotopic (exact) mass is 273 g/mol. The maximum absolute atomic E-state index is 12.0. The summed E-state index contributed by atoms with van der Waals surface area (Å²) in [6, 6.07) is 9.72. The SMILES string of the molecule is CNC(=O)[C@@H](NC(=O)c1cc(C)no1)c1ccccc1. The normalized spacial score (nSPS) is 11.7. The average Bonchev–Trinajstić information content (AvgIpc) is 2.91. The van der Waals surface area contributed by atoms with E-state index in [1.54, 1.807) is 31.2 Å². The van der Waals surface area contributed by atoms with Gasteiger partial charge in [0.1, 0.15) is 6.04 Å². The van der Waals surface area contributed by atoms with Crippen LogP contribution in [0, 0.1) is 6.92 Å². The number of carbonyl (C=O) groups excluding carboxylic acids is 2. The molecule has 1 atom stereocenters. The van der Waals surface area contributed by atoms with Crippen LogP contribution in [-0.4, -0.2) is 24.0 Å². The van der Waals surface area contributed by atoms with E-state index in [4.69, 9.17) is 4.52 Å². The maximum Gasteiger partial charge on any atom is 0.290 e. The molecule has 6 nitrogen and oxygen atoms in total. The molecular weight excluding hydrogens is 258 g/mol. The zero-order valence-electron chi connectivity index (χ0n) is 11.2. The number of nitrogens with zero attached hydrogens (tertiary/aromatic N) is 1. The maximum atomic E-state index is 12.0. The summed E-state index contributed by atoms with van der Waals surface area (Å²) >= 11 is 0. The van der Waals surface area contributed by atoms with Gasteiger partial charge in [0.15, 0.2) is 0 Å². The third-order valence-corrected chi connectivity index (χ3v) is 2.77. The van der Waals surface area contributed by atoms with Gasteiger partial charge in [0.05, 0.1) is 5.69 Å². The van der Waals surface area contributed by atoms with Crippen molar-refractivity contribution in [2.75, 3.05) is 7.05 Å². The van der Waals surface area contributed by atoms with Gasteiger partial charge in [-0.2, -0.15) is 0 Å². The van der Waals surface area contributed by atoms with Crippen molar-refractivity contribution in [1.82, 2.24) is 15.8 Å². The number of aromatic nitrogens is 1. The zero-order chi connectivity index (χ0) is 14.5. The molecule has 0 bridgehead atoms. The van der Waals surface area contributed by atoms with Crippen molar-refractivity contribution in [1.29, 1.82) is 0 Å². The molecule has 0 fully saturated rings. The van der Waals surface area contributed by atoms with E-state index in [1.165, 1.54) is 13.1 Å². The largest absolute Gasteiger partial charge is 0.357 e. The summed E-state index contributed by atoms with van der Waals surface area (Å²) < 4.78 is 4.88. The van der Waals surface area contributed by atoms with Crippen molar-refractivity contribution in [3.8, 4) is 0 Å². The lowest BCUT2D eigenvalue weighted by Gasteiger charge is -2.16. The first-order chi connectivity index (χ1) is 9.61. The number of rotatable bonds is 4. The lowest BCUT2D eigenvalue weighted by atomic mass is 10.1. The smallest absolute Gasteiger partial charge is 0.290 e. The van der Waals surface area contributed by atoms with Gasteiger partial charge in [-0.3, -0.25) is 9.59 Å². The van der Waals surface area contributed by atoms with E-state index in [2.05, 4.69) is 15.8 Å². The van der Waals surface area contributed by atoms with E-state index in [0.29, 0.717) is 11.3 Å². The quantitative estimate of drug-likeness (QED) is 0.876. The second-order valence-electron chi connectivity index (χ2n) is 4.26. The Morgan fingerprint density at radius 2 is 1.95 bits per heavy atom. The Hall–Kier alpha value is -2.63. The number of nitrogens with one attached hydrogen (secondary N) is 2. The molecule has 2 N–H and O–H groups in total. The van der Waals surface area contributed by atoms with E-state index in [0.717, 1.165) is 0 Å². The number of carbonyl (C=O) groups is 2. The van der Waals surface area contributed by atoms with Gasteiger partial charge in [0, 0.05) is 13.1 Å². The molecule has 0 saturated heterocycles. The molecule has 1 heterocycles. The number of benzene rings is 1. The molecule has 1 aromatic heterocycles. The lowest BCUT2D eigenvalue weighted by Crippen LogP contribution is -2.38. The van der Waals surface area contributed by atoms with E-state index in [1.807, 2.05) is 6.07 Å². The molecular formula is C14H15N3O3. The first-order valence-corrected chi connectivity index (χ1v) is 6.12. The summed E-state index contributed by atoms with van der Waals surface area (Å²) in [5.74, 6) is -0.712. The van der Waals surface area contributed by atoms with Crippen LogP contribution in [0.5, 0.6) is 0 Å². The molecule has 20 heavy (non-hydrogen) atoms. The van der Waals surface area contributed by atoms with Crippen LogP contribution in [0.2, 0.25) is 0 Å². The van der Waals surface area contributed by atoms with E-state index >= 15 is 0 Å². The molecule has 6 heteroatoms. The molecule has 0 aliphatic carbocycles. The van der Waals surface area contributed by atoms with Crippen molar-refractivity contribution < 1.29 is 14.1 Å². The predicted octanol–water partition coefficient (Wildman–Crippen LogP) is 1.20. The Morgan fingerprint density at radius 3 is 2.50 bits per heavy atom. The molecule has 1 aromatic carbocycles. The minimum Gasteiger partial charge on any atom is -0.357 e. The van der Waals surface area contributed by atoms with Gasteiger partial charge in [-0.15, -0.1) is 0 Å². The van der Waals surface area contributed by atoms with E-state index < -0.39 is 11.9 Å². The highest BCUT2D eigenvalue weighted by Gasteiger charge is 2.23. The Kier molecular flexibility index (Phi) is 4.14. The van der Waals surface area contributed by atoms with Crippen LogP contribution < -0.4 is 10.6 Å². The van der Waals surface area contributed by atoms with Gasteiger partial charge >= 0.3 is 0 Å². The van der Waals surface area contributed by atoms with Crippen LogP contribution in [0.3, 0.4) is 0 Å². The summed E-state index contributed by atoms with van der Waals surface area (Å²) in [5, 5.41) is 8.80. The van der Waals surface area contributed by atoms with Gasteiger partial charge in [0.2, 0.25) is 11.7 Å². The molecule has 0 spiro atoms. The van der Waals surface area contributed by atoms with Gasteiger partial charge < -0.3 is 15.2 Å². The third-order valence-electron chi connectivity index (χ3n) is 2.77. The second kappa shape index (κ2) is 6.01. The van der Waals surface area contributed by atoms with Crippen LogP contribution in [0.4, 0.5) is 0 Å². The number of amides is 2. The topological polar surface area (TPSA) is 84.2 Å². The predicted molar refractivity (Wildman–Crippen MR) is 72.0 cm³/mol. The minimum atomic E-state index is -0.779. The number of aryl methyl sites for hydroxylation is 1. The van der Waals surface area contributed by atoms with Gasteiger partial charge in [-0.1, -0.05) is 35.5 Å². The van der Waals surface area contributed by atoms with Crippen LogP contribution in [0.1, 0.15) is 27.9 Å². The number of hydrogen-bond acceptors (Lipinski definition) is 4. The molecule has 0 aliphatic rings. The van der Waals surface area contributed by atoms with Crippen molar-refractivity contribution in [2.45, 2.75) is 13.0 Å². The van der Waals surface area contributed by atoms with Crippen LogP contribution in [0.25, 0.3) is 0 Å². The summed E-state index contributed by atoms with van der Waals surface area (Å²) in [6.45, 7) is 1.72. The van der Waals surface area contributed by atoms with E-state index in [-0.39, 0.29) is 11.7 Å². The van der Waals surface area contributed by atoms with Crippen molar-refractivity contribution >= 4 is 11.8 Å². The lowest BCUT2D eigenvalue weighted by molar-refractivity contribution is -0.122. The Balaban J connectivity index is 2.21. The fourth-order valence-corrected chi connectivity index (χ4v) is 1.76. The van der Waals surface area contributed by atoms with Crippen LogP contribution in [-0.2, 0) is 4.79 Å². The summed E-state index contributed by atoms with van der Waals surface area (Å²) in [5.41, 5.74) is 1.29. The van der Waals surface area contributed by atoms with Gasteiger partial charge in [-0.05, 0) is 12.5 Å². The minimum absolute atomic E-state index is 0.0762. The third kappa shape index (κ3) is 3.03. The fraction of sp³-hybridized carbons (Fsp3) is 0.214. The Labute approximate surface area is 116 Å². The highest BCUT2D eigenvalue weighted by atomic mass is 16.5. The van der Waals surface area contributed by atoms with E-state index in [9.17, 15) is 9.59 Å². The van der Waals surface area contributed by atoms with Crippen LogP contribution >= 0.6 is 0 Å². The molecule has 0 radical (unpaired) electrons. The number of hydrogen-bond donors (Lipinski definition) is 2. The average molecular weight is 273 g/mol. The number of likely N-dealkylation sites (N-methyl/N-ethyl adjacent to an activating group) is 1. The molecule has 2 rings (SSSR count). The van der Waals surface area contributed by atoms with Gasteiger partial charge in [0.25, 0.3) is 5.91 Å². The standard InChI is InChI=1S/C14H15N3O3/c1-9-8-11(20-17-9)13(18)16-12(14(19)15-2)10-6-4-3-5-7-10/h3-8,12H,1-2H3,(H,15,19)(H,16,18)/t12-/m0/s1. The Bertz CT molecular complexity index is 607. The van der Waals surface area contributed by atoms with Crippen molar-refractivity contribution in [3.63, 3.8) is 0 Å². The highest BCUT2D eigenvalue weighted by molar-refractivity contribution is 5.95. The summed E-state index contributed by atoms with van der Waals surface area (Å²) in [6.07, 6.45) is 0. The van der Waals surface area contributed by atoms with Crippen molar-refractivity contribution in [3.05, 3.63) is 53.4 Å². The van der Waals surface area contributed by atoms with Crippen LogP contribution in [0.15, 0.2) is 40.9 Å². The molecule has 2 aromatic rings. The van der Waals surface area contributed by atoms with Gasteiger partial charge in [-0.25, -0.2) is 0 Å². The molecule has 2 amide bonds. The summed E-state index contributed by atoms with van der Waals surface area (Å²) in [7, 11) is 1.52. The first-order valence-electron chi connectivity index (χ1n) is 6.12.